The van der Waals surface area contributed by atoms with Gasteiger partial charge in [-0.05, 0) is 96.1 Å². The van der Waals surface area contributed by atoms with Crippen molar-refractivity contribution < 1.29 is 0 Å². The first kappa shape index (κ1) is 66.3. The predicted molar refractivity (Wildman–Crippen MR) is 478 cm³/mol. The van der Waals surface area contributed by atoms with Gasteiger partial charge in [0.25, 0.3) is 0 Å². The fraction of sp³-hybridized carbons (Fsp3) is 0. The van der Waals surface area contributed by atoms with Crippen LogP contribution in [0.5, 0.6) is 0 Å². The van der Waals surface area contributed by atoms with Crippen LogP contribution in [0, 0.1) is 0 Å². The lowest BCUT2D eigenvalue weighted by atomic mass is 10.00. The van der Waals surface area contributed by atoms with Crippen molar-refractivity contribution in [1.29, 1.82) is 0 Å². The number of rotatable bonds is 11. The summed E-state index contributed by atoms with van der Waals surface area (Å²) in [5.41, 5.74) is 25.0. The SMILES string of the molecule is c1ccc(-c2cc(-c3cccc4c3sc3ccccc34)nc(-c3ccc(-n4c5ccccc5c5c(-c6ccccc6)nc6ccccc6c54)cc3)n2)cc1.c1ccc(-c2nc(-c3ccc(-c4cccc5c4sc4ccccc45)cc3)cc(-c3ccc(-n4c5ccccc5c5c(-c6ccccc6)nc6ccccc6c54)cc3)n2)cc1. The van der Waals surface area contributed by atoms with Gasteiger partial charge >= 0.3 is 0 Å². The van der Waals surface area contributed by atoms with Crippen molar-refractivity contribution in [2.45, 2.75) is 0 Å². The Balaban J connectivity index is 0.000000140. The van der Waals surface area contributed by atoms with Crippen molar-refractivity contribution in [1.82, 2.24) is 39.0 Å². The van der Waals surface area contributed by atoms with E-state index in [0.29, 0.717) is 11.6 Å². The van der Waals surface area contributed by atoms with Crippen LogP contribution < -0.4 is 0 Å². The quantitative estimate of drug-likeness (QED) is 0.128. The Kier molecular flexibility index (Phi) is 16.1. The van der Waals surface area contributed by atoms with Crippen molar-refractivity contribution in [2.75, 3.05) is 0 Å². The smallest absolute Gasteiger partial charge is 0.160 e. The molecule has 0 fully saturated rings. The summed E-state index contributed by atoms with van der Waals surface area (Å²) in [6.45, 7) is 0. The maximum atomic E-state index is 5.28. The van der Waals surface area contributed by atoms with Gasteiger partial charge in [-0.2, -0.15) is 0 Å². The van der Waals surface area contributed by atoms with Crippen molar-refractivity contribution in [2.24, 2.45) is 0 Å². The van der Waals surface area contributed by atoms with Crippen LogP contribution in [0.2, 0.25) is 0 Å². The highest BCUT2D eigenvalue weighted by Gasteiger charge is 2.25. The number of hydrogen-bond donors (Lipinski definition) is 0. The molecule has 0 saturated carbocycles. The molecule has 0 unspecified atom stereocenters. The Morgan fingerprint density at radius 3 is 1.02 bits per heavy atom. The third-order valence-corrected chi connectivity index (χ3v) is 24.5. The zero-order chi connectivity index (χ0) is 75.2. The van der Waals surface area contributed by atoms with Gasteiger partial charge in [-0.15, -0.1) is 22.7 Å². The Morgan fingerprint density at radius 1 is 0.211 bits per heavy atom. The second-order valence-electron chi connectivity index (χ2n) is 28.7. The second-order valence-corrected chi connectivity index (χ2v) is 30.8. The maximum Gasteiger partial charge on any atom is 0.160 e. The van der Waals surface area contributed by atoms with Gasteiger partial charge in [-0.25, -0.2) is 29.9 Å². The molecule has 114 heavy (non-hydrogen) atoms. The molecule has 0 aliphatic carbocycles. The molecule has 10 heteroatoms. The lowest BCUT2D eigenvalue weighted by molar-refractivity contribution is 1.17. The minimum Gasteiger partial charge on any atom is -0.308 e. The van der Waals surface area contributed by atoms with Crippen molar-refractivity contribution in [3.63, 3.8) is 0 Å². The summed E-state index contributed by atoms with van der Waals surface area (Å²) in [6.07, 6.45) is 0. The monoisotopic (exact) mass is 1490 g/mol. The molecule has 532 valence electrons. The van der Waals surface area contributed by atoms with E-state index >= 15 is 0 Å². The second kappa shape index (κ2) is 27.7. The number of fused-ring (bicyclic) bond motifs is 16. The van der Waals surface area contributed by atoms with Gasteiger partial charge < -0.3 is 9.13 Å². The molecule has 15 aromatic carbocycles. The van der Waals surface area contributed by atoms with E-state index in [1.165, 1.54) is 62.2 Å². The minimum atomic E-state index is 0.694. The summed E-state index contributed by atoms with van der Waals surface area (Å²) in [5, 5.41) is 12.0. The van der Waals surface area contributed by atoms with Crippen LogP contribution in [0.25, 0.3) is 219 Å². The van der Waals surface area contributed by atoms with Crippen molar-refractivity contribution in [3.05, 3.63) is 388 Å². The first-order valence-corrected chi connectivity index (χ1v) is 39.9. The van der Waals surface area contributed by atoms with E-state index in [-0.39, 0.29) is 0 Å². The van der Waals surface area contributed by atoms with Crippen LogP contribution >= 0.6 is 22.7 Å². The maximum absolute atomic E-state index is 5.28. The fourth-order valence-corrected chi connectivity index (χ4v) is 19.2. The summed E-state index contributed by atoms with van der Waals surface area (Å²) in [7, 11) is 0. The molecular weight excluding hydrogens is 1430 g/mol. The fourth-order valence-electron chi connectivity index (χ4n) is 16.7. The highest BCUT2D eigenvalue weighted by molar-refractivity contribution is 7.26. The van der Waals surface area contributed by atoms with Gasteiger partial charge in [0.05, 0.1) is 67.3 Å². The predicted octanol–water partition coefficient (Wildman–Crippen LogP) is 28.0. The normalized spacial score (nSPS) is 11.7. The average Bonchev–Trinajstić information content (AvgIpc) is 1.56. The molecule has 0 radical (unpaired) electrons. The van der Waals surface area contributed by atoms with E-state index < -0.39 is 0 Å². The molecule has 0 aliphatic heterocycles. The number of thiophene rings is 2. The number of nitrogens with zero attached hydrogens (tertiary/aromatic N) is 8. The molecule has 0 saturated heterocycles. The molecule has 8 nitrogen and oxygen atoms in total. The summed E-state index contributed by atoms with van der Waals surface area (Å²) < 4.78 is 9.92. The van der Waals surface area contributed by atoms with E-state index in [1.54, 1.807) is 0 Å². The Hall–Kier alpha value is -14.7. The van der Waals surface area contributed by atoms with Gasteiger partial charge in [-0.1, -0.05) is 303 Å². The van der Waals surface area contributed by atoms with Gasteiger partial charge in [0, 0.05) is 129 Å². The third-order valence-electron chi connectivity index (χ3n) is 22.0. The van der Waals surface area contributed by atoms with Gasteiger partial charge in [0.15, 0.2) is 11.6 Å². The van der Waals surface area contributed by atoms with E-state index in [2.05, 4.69) is 373 Å². The van der Waals surface area contributed by atoms with E-state index in [9.17, 15) is 0 Å². The molecule has 0 aliphatic rings. The summed E-state index contributed by atoms with van der Waals surface area (Å²) in [5.74, 6) is 1.39. The Morgan fingerprint density at radius 2 is 0.535 bits per heavy atom. The number of aromatic nitrogens is 8. The molecular formula is C104H64N8S2. The molecule has 8 heterocycles. The standard InChI is InChI=1S/C55H34N4S.C49H30N4S/c1-3-14-38(15-4-1)52-51-45-20-8-11-24-49(45)59(53(51)44-19-7-10-23-46(44)56-52)40-32-30-37(31-33-40)48-34-47(57-55(58-48)39-16-5-2-6-17-39)36-28-26-35(27-29-36)41-21-13-22-43-42-18-9-12-25-50(42)60-54(41)43;1-3-14-31(15-4-1)41-30-42(38-22-13-21-36-35-18-9-12-25-44(35)54-48(36)38)52-49(51-41)33-26-28-34(29-27-33)53-43-24-11-8-20-39(43)45-46(32-16-5-2-6-17-32)50-40-23-10-7-19-37(40)47(45)53/h1-34H;1-30H. The third kappa shape index (κ3) is 11.4. The first-order chi connectivity index (χ1) is 56.5. The Bertz CT molecular complexity index is 7690. The molecule has 0 bridgehead atoms. The van der Waals surface area contributed by atoms with Gasteiger partial charge in [0.1, 0.15) is 0 Å². The number of para-hydroxylation sites is 4. The highest BCUT2D eigenvalue weighted by atomic mass is 32.1. The van der Waals surface area contributed by atoms with Crippen LogP contribution in [-0.2, 0) is 0 Å². The van der Waals surface area contributed by atoms with E-state index in [1.807, 2.05) is 46.9 Å². The van der Waals surface area contributed by atoms with Crippen molar-refractivity contribution >= 4 is 128 Å². The summed E-state index contributed by atoms with van der Waals surface area (Å²) in [6, 6.07) is 137. The molecule has 0 N–H and O–H groups in total. The largest absolute Gasteiger partial charge is 0.308 e. The van der Waals surface area contributed by atoms with Gasteiger partial charge in [0.2, 0.25) is 0 Å². The van der Waals surface area contributed by atoms with Crippen LogP contribution in [0.3, 0.4) is 0 Å². The zero-order valence-corrected chi connectivity index (χ0v) is 63.0. The lowest BCUT2D eigenvalue weighted by Gasteiger charge is -2.13. The molecule has 0 amide bonds. The molecule has 0 atom stereocenters. The summed E-state index contributed by atoms with van der Waals surface area (Å²) in [4.78, 5) is 31.3. The molecule has 8 aromatic heterocycles. The highest BCUT2D eigenvalue weighted by Crippen LogP contribution is 2.47. The lowest BCUT2D eigenvalue weighted by Crippen LogP contribution is -1.98. The van der Waals surface area contributed by atoms with E-state index in [0.717, 1.165) is 145 Å². The number of hydrogen-bond acceptors (Lipinski definition) is 8. The average molecular weight is 1490 g/mol. The summed E-state index contributed by atoms with van der Waals surface area (Å²) >= 11 is 3.68. The first-order valence-electron chi connectivity index (χ1n) is 38.3. The van der Waals surface area contributed by atoms with Crippen LogP contribution in [0.1, 0.15) is 0 Å². The number of benzene rings is 15. The molecule has 23 aromatic rings. The minimum absolute atomic E-state index is 0.694. The van der Waals surface area contributed by atoms with Crippen molar-refractivity contribution in [3.8, 4) is 113 Å². The molecule has 23 rings (SSSR count). The van der Waals surface area contributed by atoms with Crippen LogP contribution in [0.15, 0.2) is 388 Å². The van der Waals surface area contributed by atoms with Crippen LogP contribution in [-0.4, -0.2) is 39.0 Å². The van der Waals surface area contributed by atoms with Gasteiger partial charge in [-0.3, -0.25) is 0 Å². The van der Waals surface area contributed by atoms with E-state index in [4.69, 9.17) is 29.9 Å². The molecule has 0 spiro atoms. The number of pyridine rings is 2. The van der Waals surface area contributed by atoms with Crippen LogP contribution in [0.4, 0.5) is 0 Å². The Labute approximate surface area is 663 Å². The zero-order valence-electron chi connectivity index (χ0n) is 61.3. The topological polar surface area (TPSA) is 87.2 Å².